The molecular weight excluding hydrogens is 174 g/mol. The molecule has 0 aliphatic rings. The van der Waals surface area contributed by atoms with Crippen LogP contribution in [0.4, 0.5) is 0 Å². The lowest BCUT2D eigenvalue weighted by atomic mass is 10.0. The highest BCUT2D eigenvalue weighted by atomic mass is 16.3. The zero-order chi connectivity index (χ0) is 10.6. The van der Waals surface area contributed by atoms with Crippen molar-refractivity contribution in [2.24, 2.45) is 0 Å². The van der Waals surface area contributed by atoms with Crippen LogP contribution in [0.2, 0.25) is 0 Å². The van der Waals surface area contributed by atoms with Gasteiger partial charge in [-0.1, -0.05) is 18.2 Å². The second-order valence-electron chi connectivity index (χ2n) is 3.85. The number of hydrogen-bond acceptors (Lipinski definition) is 2. The van der Waals surface area contributed by atoms with Gasteiger partial charge in [-0.25, -0.2) is 0 Å². The number of rotatable bonds is 4. The van der Waals surface area contributed by atoms with Crippen LogP contribution in [0.3, 0.4) is 0 Å². The zero-order valence-electron chi connectivity index (χ0n) is 9.17. The first-order valence-electron chi connectivity index (χ1n) is 5.05. The van der Waals surface area contributed by atoms with E-state index < -0.39 is 0 Å². The molecule has 2 heteroatoms. The van der Waals surface area contributed by atoms with Gasteiger partial charge in [0, 0.05) is 13.1 Å². The van der Waals surface area contributed by atoms with E-state index in [9.17, 15) is 0 Å². The van der Waals surface area contributed by atoms with Gasteiger partial charge in [-0.05, 0) is 37.5 Å². The van der Waals surface area contributed by atoms with E-state index in [4.69, 9.17) is 5.11 Å². The standard InChI is InChI=1S/C12H19NO/c1-9-5-4-6-10(2)12(9)8-13-7-11(3)14/h4-6,11,13-14H,7-8H2,1-3H3. The smallest absolute Gasteiger partial charge is 0.0636 e. The van der Waals surface area contributed by atoms with E-state index >= 15 is 0 Å². The third-order valence-corrected chi connectivity index (χ3v) is 2.39. The van der Waals surface area contributed by atoms with Crippen LogP contribution < -0.4 is 5.32 Å². The van der Waals surface area contributed by atoms with Gasteiger partial charge in [0.2, 0.25) is 0 Å². The van der Waals surface area contributed by atoms with Crippen molar-refractivity contribution in [2.75, 3.05) is 6.54 Å². The van der Waals surface area contributed by atoms with Gasteiger partial charge in [-0.3, -0.25) is 0 Å². The quantitative estimate of drug-likeness (QED) is 0.764. The largest absolute Gasteiger partial charge is 0.392 e. The van der Waals surface area contributed by atoms with Gasteiger partial charge in [0.25, 0.3) is 0 Å². The van der Waals surface area contributed by atoms with E-state index in [0.29, 0.717) is 6.54 Å². The van der Waals surface area contributed by atoms with Crippen molar-refractivity contribution >= 4 is 0 Å². The Labute approximate surface area is 86.0 Å². The summed E-state index contributed by atoms with van der Waals surface area (Å²) < 4.78 is 0. The Hall–Kier alpha value is -0.860. The first-order valence-corrected chi connectivity index (χ1v) is 5.05. The van der Waals surface area contributed by atoms with E-state index in [-0.39, 0.29) is 6.10 Å². The van der Waals surface area contributed by atoms with E-state index in [2.05, 4.69) is 37.4 Å². The monoisotopic (exact) mass is 193 g/mol. The summed E-state index contributed by atoms with van der Waals surface area (Å²) in [4.78, 5) is 0. The van der Waals surface area contributed by atoms with E-state index in [0.717, 1.165) is 6.54 Å². The van der Waals surface area contributed by atoms with Gasteiger partial charge in [0.05, 0.1) is 6.10 Å². The molecule has 0 aromatic heterocycles. The molecule has 0 bridgehead atoms. The van der Waals surface area contributed by atoms with Gasteiger partial charge in [-0.2, -0.15) is 0 Å². The summed E-state index contributed by atoms with van der Waals surface area (Å²) in [6.07, 6.45) is -0.278. The number of aryl methyl sites for hydroxylation is 2. The number of benzene rings is 1. The molecule has 0 radical (unpaired) electrons. The minimum Gasteiger partial charge on any atom is -0.392 e. The Morgan fingerprint density at radius 3 is 2.36 bits per heavy atom. The lowest BCUT2D eigenvalue weighted by Crippen LogP contribution is -2.24. The fourth-order valence-electron chi connectivity index (χ4n) is 1.53. The van der Waals surface area contributed by atoms with E-state index in [1.54, 1.807) is 6.92 Å². The first-order chi connectivity index (χ1) is 6.61. The van der Waals surface area contributed by atoms with Crippen molar-refractivity contribution in [3.05, 3.63) is 34.9 Å². The van der Waals surface area contributed by atoms with E-state index in [1.165, 1.54) is 16.7 Å². The summed E-state index contributed by atoms with van der Waals surface area (Å²) in [6, 6.07) is 6.31. The molecule has 1 aromatic rings. The van der Waals surface area contributed by atoms with Crippen LogP contribution in [0.5, 0.6) is 0 Å². The average molecular weight is 193 g/mol. The molecule has 0 amide bonds. The summed E-state index contributed by atoms with van der Waals surface area (Å²) in [6.45, 7) is 7.51. The lowest BCUT2D eigenvalue weighted by molar-refractivity contribution is 0.191. The maximum Gasteiger partial charge on any atom is 0.0636 e. The van der Waals surface area contributed by atoms with Crippen LogP contribution in [0.25, 0.3) is 0 Å². The molecule has 2 nitrogen and oxygen atoms in total. The lowest BCUT2D eigenvalue weighted by Gasteiger charge is -2.11. The van der Waals surface area contributed by atoms with Gasteiger partial charge in [-0.15, -0.1) is 0 Å². The molecule has 0 aliphatic heterocycles. The fraction of sp³-hybridized carbons (Fsp3) is 0.500. The van der Waals surface area contributed by atoms with Gasteiger partial charge in [0.1, 0.15) is 0 Å². The van der Waals surface area contributed by atoms with Crippen molar-refractivity contribution in [1.29, 1.82) is 0 Å². The second-order valence-corrected chi connectivity index (χ2v) is 3.85. The van der Waals surface area contributed by atoms with Crippen molar-refractivity contribution in [3.8, 4) is 0 Å². The molecular formula is C12H19NO. The average Bonchev–Trinajstić information content (AvgIpc) is 2.09. The Morgan fingerprint density at radius 1 is 1.29 bits per heavy atom. The topological polar surface area (TPSA) is 32.3 Å². The number of aliphatic hydroxyl groups is 1. The number of hydrogen-bond donors (Lipinski definition) is 2. The summed E-state index contributed by atoms with van der Waals surface area (Å²) in [5.74, 6) is 0. The Bertz CT molecular complexity index is 274. The predicted octanol–water partition coefficient (Wildman–Crippen LogP) is 1.77. The molecule has 0 aliphatic carbocycles. The van der Waals surface area contributed by atoms with E-state index in [1.807, 2.05) is 0 Å². The first kappa shape index (κ1) is 11.2. The molecule has 0 saturated carbocycles. The molecule has 78 valence electrons. The van der Waals surface area contributed by atoms with Crippen LogP contribution >= 0.6 is 0 Å². The van der Waals surface area contributed by atoms with Crippen LogP contribution in [0.1, 0.15) is 23.6 Å². The highest BCUT2D eigenvalue weighted by molar-refractivity contribution is 5.33. The SMILES string of the molecule is Cc1cccc(C)c1CNCC(C)O. The maximum atomic E-state index is 9.11. The fourth-order valence-corrected chi connectivity index (χ4v) is 1.53. The van der Waals surface area contributed by atoms with Gasteiger partial charge in [0.15, 0.2) is 0 Å². The van der Waals surface area contributed by atoms with Crippen LogP contribution in [0.15, 0.2) is 18.2 Å². The minimum atomic E-state index is -0.278. The predicted molar refractivity (Wildman–Crippen MR) is 59.3 cm³/mol. The summed E-state index contributed by atoms with van der Waals surface area (Å²) in [5, 5.41) is 12.3. The van der Waals surface area contributed by atoms with Crippen molar-refractivity contribution < 1.29 is 5.11 Å². The molecule has 1 unspecified atom stereocenters. The second kappa shape index (κ2) is 5.13. The molecule has 1 atom stereocenters. The zero-order valence-corrected chi connectivity index (χ0v) is 9.17. The van der Waals surface area contributed by atoms with Gasteiger partial charge >= 0.3 is 0 Å². The molecule has 1 rings (SSSR count). The number of nitrogens with one attached hydrogen (secondary N) is 1. The highest BCUT2D eigenvalue weighted by Crippen LogP contribution is 2.12. The highest BCUT2D eigenvalue weighted by Gasteiger charge is 2.01. The molecule has 0 saturated heterocycles. The molecule has 0 heterocycles. The van der Waals surface area contributed by atoms with Crippen LogP contribution in [0, 0.1) is 13.8 Å². The Balaban J connectivity index is 2.58. The molecule has 14 heavy (non-hydrogen) atoms. The summed E-state index contributed by atoms with van der Waals surface area (Å²) in [5.41, 5.74) is 3.96. The normalized spacial score (nSPS) is 12.9. The number of aliphatic hydroxyl groups excluding tert-OH is 1. The van der Waals surface area contributed by atoms with Crippen molar-refractivity contribution in [1.82, 2.24) is 5.32 Å². The van der Waals surface area contributed by atoms with Crippen molar-refractivity contribution in [2.45, 2.75) is 33.4 Å². The molecule has 2 N–H and O–H groups in total. The van der Waals surface area contributed by atoms with Crippen LogP contribution in [-0.2, 0) is 6.54 Å². The Morgan fingerprint density at radius 2 is 1.86 bits per heavy atom. The maximum absolute atomic E-state index is 9.11. The molecule has 0 fully saturated rings. The minimum absolute atomic E-state index is 0.278. The van der Waals surface area contributed by atoms with Crippen LogP contribution in [-0.4, -0.2) is 17.8 Å². The third-order valence-electron chi connectivity index (χ3n) is 2.39. The summed E-state index contributed by atoms with van der Waals surface area (Å²) >= 11 is 0. The van der Waals surface area contributed by atoms with Gasteiger partial charge < -0.3 is 10.4 Å². The third kappa shape index (κ3) is 3.13. The Kier molecular flexibility index (Phi) is 4.11. The summed E-state index contributed by atoms with van der Waals surface area (Å²) in [7, 11) is 0. The molecule has 1 aromatic carbocycles. The molecule has 0 spiro atoms. The van der Waals surface area contributed by atoms with Crippen molar-refractivity contribution in [3.63, 3.8) is 0 Å².